The van der Waals surface area contributed by atoms with Gasteiger partial charge in [-0.15, -0.1) is 0 Å². The van der Waals surface area contributed by atoms with E-state index in [2.05, 4.69) is 33.8 Å². The number of halogens is 3. The molecule has 1 aromatic carbocycles. The van der Waals surface area contributed by atoms with E-state index in [1.54, 1.807) is 0 Å². The van der Waals surface area contributed by atoms with E-state index < -0.39 is 11.7 Å². The summed E-state index contributed by atoms with van der Waals surface area (Å²) in [4.78, 5) is 8.45. The molecule has 2 heterocycles. The van der Waals surface area contributed by atoms with Gasteiger partial charge in [-0.25, -0.2) is 4.98 Å². The number of nitrogens with zero attached hydrogens (tertiary/aromatic N) is 3. The van der Waals surface area contributed by atoms with Crippen LogP contribution in [0.3, 0.4) is 0 Å². The highest BCUT2D eigenvalue weighted by Gasteiger charge is 2.31. The number of benzene rings is 1. The second kappa shape index (κ2) is 6.81. The number of aromatic nitrogens is 1. The van der Waals surface area contributed by atoms with Gasteiger partial charge in [0.05, 0.1) is 5.56 Å². The second-order valence-electron chi connectivity index (χ2n) is 6.17. The second-order valence-corrected chi connectivity index (χ2v) is 6.17. The zero-order chi connectivity index (χ0) is 17.2. The Kier molecular flexibility index (Phi) is 4.76. The molecule has 2 aromatic rings. The Morgan fingerprint density at radius 1 is 1.08 bits per heavy atom. The maximum absolute atomic E-state index is 12.6. The number of rotatable bonds is 3. The largest absolute Gasteiger partial charge is 0.417 e. The van der Waals surface area contributed by atoms with Crippen LogP contribution in [-0.2, 0) is 12.7 Å². The molecule has 1 aliphatic heterocycles. The molecule has 1 saturated heterocycles. The monoisotopic (exact) mass is 335 g/mol. The first-order chi connectivity index (χ1) is 11.4. The molecule has 1 atom stereocenters. The van der Waals surface area contributed by atoms with Crippen molar-refractivity contribution in [1.82, 2.24) is 9.88 Å². The lowest BCUT2D eigenvalue weighted by Gasteiger charge is -2.40. The molecule has 0 spiro atoms. The summed E-state index contributed by atoms with van der Waals surface area (Å²) in [6.45, 7) is 5.45. The van der Waals surface area contributed by atoms with Crippen LogP contribution in [0.4, 0.5) is 19.0 Å². The average molecular weight is 335 g/mol. The standard InChI is InChI=1S/C18H20F3N3/c1-14-12-23(13-15-5-3-2-4-6-15)9-10-24(14)17-8-7-16(11-22-17)18(19,20)21/h2-8,11,14H,9-10,12-13H2,1H3/t14-/m1/s1. The highest BCUT2D eigenvalue weighted by molar-refractivity contribution is 5.41. The van der Waals surface area contributed by atoms with Gasteiger partial charge in [0.1, 0.15) is 5.82 Å². The van der Waals surface area contributed by atoms with Crippen LogP contribution in [0, 0.1) is 0 Å². The van der Waals surface area contributed by atoms with Gasteiger partial charge in [0.25, 0.3) is 0 Å². The van der Waals surface area contributed by atoms with Crippen molar-refractivity contribution in [1.29, 1.82) is 0 Å². The SMILES string of the molecule is C[C@@H]1CN(Cc2ccccc2)CCN1c1ccc(C(F)(F)F)cn1. The smallest absolute Gasteiger partial charge is 0.351 e. The first-order valence-corrected chi connectivity index (χ1v) is 7.99. The minimum Gasteiger partial charge on any atom is -0.351 e. The lowest BCUT2D eigenvalue weighted by Crippen LogP contribution is -2.51. The summed E-state index contributed by atoms with van der Waals surface area (Å²) in [6, 6.07) is 13.0. The molecule has 0 saturated carbocycles. The molecule has 128 valence electrons. The van der Waals surface area contributed by atoms with Crippen LogP contribution in [0.2, 0.25) is 0 Å². The summed E-state index contributed by atoms with van der Waals surface area (Å²) in [7, 11) is 0. The highest BCUT2D eigenvalue weighted by Crippen LogP contribution is 2.30. The van der Waals surface area contributed by atoms with Gasteiger partial charge >= 0.3 is 6.18 Å². The van der Waals surface area contributed by atoms with Crippen molar-refractivity contribution in [3.63, 3.8) is 0 Å². The zero-order valence-electron chi connectivity index (χ0n) is 13.5. The molecule has 0 bridgehead atoms. The number of anilines is 1. The van der Waals surface area contributed by atoms with Crippen LogP contribution in [0.15, 0.2) is 48.7 Å². The predicted molar refractivity (Wildman–Crippen MR) is 87.8 cm³/mol. The van der Waals surface area contributed by atoms with E-state index in [4.69, 9.17) is 0 Å². The van der Waals surface area contributed by atoms with Gasteiger partial charge in [0.15, 0.2) is 0 Å². The van der Waals surface area contributed by atoms with E-state index >= 15 is 0 Å². The number of hydrogen-bond donors (Lipinski definition) is 0. The van der Waals surface area contributed by atoms with E-state index in [1.165, 1.54) is 11.6 Å². The summed E-state index contributed by atoms with van der Waals surface area (Å²) in [6.07, 6.45) is -3.43. The van der Waals surface area contributed by atoms with Crippen molar-refractivity contribution in [3.8, 4) is 0 Å². The minimum atomic E-state index is -4.34. The molecule has 0 N–H and O–H groups in total. The zero-order valence-corrected chi connectivity index (χ0v) is 13.5. The lowest BCUT2D eigenvalue weighted by atomic mass is 10.1. The molecule has 1 aromatic heterocycles. The predicted octanol–water partition coefficient (Wildman–Crippen LogP) is 3.81. The molecule has 0 radical (unpaired) electrons. The van der Waals surface area contributed by atoms with E-state index in [0.29, 0.717) is 5.82 Å². The summed E-state index contributed by atoms with van der Waals surface area (Å²) in [5.74, 6) is 0.606. The number of hydrogen-bond acceptors (Lipinski definition) is 3. The van der Waals surface area contributed by atoms with Gasteiger partial charge in [-0.2, -0.15) is 13.2 Å². The van der Waals surface area contributed by atoms with Gasteiger partial charge in [0, 0.05) is 38.4 Å². The number of alkyl halides is 3. The van der Waals surface area contributed by atoms with E-state index in [-0.39, 0.29) is 6.04 Å². The third kappa shape index (κ3) is 3.87. The topological polar surface area (TPSA) is 19.4 Å². The number of pyridine rings is 1. The Morgan fingerprint density at radius 2 is 1.83 bits per heavy atom. The summed E-state index contributed by atoms with van der Waals surface area (Å²) >= 11 is 0. The molecule has 0 amide bonds. The van der Waals surface area contributed by atoms with Gasteiger partial charge in [-0.1, -0.05) is 30.3 Å². The summed E-state index contributed by atoms with van der Waals surface area (Å²) in [5, 5.41) is 0. The third-order valence-electron chi connectivity index (χ3n) is 4.33. The van der Waals surface area contributed by atoms with Crippen molar-refractivity contribution in [2.24, 2.45) is 0 Å². The molecular weight excluding hydrogens is 315 g/mol. The molecule has 24 heavy (non-hydrogen) atoms. The normalized spacial score (nSPS) is 19.5. The van der Waals surface area contributed by atoms with Crippen LogP contribution < -0.4 is 4.90 Å². The molecule has 0 unspecified atom stereocenters. The van der Waals surface area contributed by atoms with Crippen molar-refractivity contribution in [2.45, 2.75) is 25.7 Å². The highest BCUT2D eigenvalue weighted by atomic mass is 19.4. The van der Waals surface area contributed by atoms with Crippen molar-refractivity contribution in [3.05, 3.63) is 59.8 Å². The first-order valence-electron chi connectivity index (χ1n) is 7.99. The molecule has 3 rings (SSSR count). The van der Waals surface area contributed by atoms with Crippen molar-refractivity contribution >= 4 is 5.82 Å². The Balaban J connectivity index is 1.63. The van der Waals surface area contributed by atoms with Crippen LogP contribution in [0.1, 0.15) is 18.1 Å². The molecule has 6 heteroatoms. The van der Waals surface area contributed by atoms with Crippen molar-refractivity contribution in [2.75, 3.05) is 24.5 Å². The van der Waals surface area contributed by atoms with Gasteiger partial charge in [-0.05, 0) is 24.6 Å². The Bertz CT molecular complexity index is 655. The van der Waals surface area contributed by atoms with E-state index in [0.717, 1.165) is 38.4 Å². The minimum absolute atomic E-state index is 0.201. The molecule has 1 fully saturated rings. The Morgan fingerprint density at radius 3 is 2.42 bits per heavy atom. The van der Waals surface area contributed by atoms with Crippen LogP contribution in [-0.4, -0.2) is 35.6 Å². The first kappa shape index (κ1) is 16.8. The maximum atomic E-state index is 12.6. The third-order valence-corrected chi connectivity index (χ3v) is 4.33. The summed E-state index contributed by atoms with van der Waals surface area (Å²) < 4.78 is 37.9. The Hall–Kier alpha value is -2.08. The average Bonchev–Trinajstić information content (AvgIpc) is 2.55. The van der Waals surface area contributed by atoms with Crippen LogP contribution in [0.25, 0.3) is 0 Å². The number of piperazine rings is 1. The van der Waals surface area contributed by atoms with E-state index in [1.807, 2.05) is 18.2 Å². The fourth-order valence-electron chi connectivity index (χ4n) is 3.08. The fraction of sp³-hybridized carbons (Fsp3) is 0.389. The Labute approximate surface area is 139 Å². The van der Waals surface area contributed by atoms with Crippen LogP contribution in [0.5, 0.6) is 0 Å². The molecule has 1 aliphatic rings. The molecular formula is C18H20F3N3. The van der Waals surface area contributed by atoms with Gasteiger partial charge in [-0.3, -0.25) is 4.90 Å². The molecule has 3 nitrogen and oxygen atoms in total. The van der Waals surface area contributed by atoms with Gasteiger partial charge in [0.2, 0.25) is 0 Å². The maximum Gasteiger partial charge on any atom is 0.417 e. The fourth-order valence-corrected chi connectivity index (χ4v) is 3.08. The summed E-state index contributed by atoms with van der Waals surface area (Å²) in [5.41, 5.74) is 0.562. The molecule has 0 aliphatic carbocycles. The lowest BCUT2D eigenvalue weighted by molar-refractivity contribution is -0.137. The van der Waals surface area contributed by atoms with Gasteiger partial charge < -0.3 is 4.90 Å². The van der Waals surface area contributed by atoms with Crippen LogP contribution >= 0.6 is 0 Å². The van der Waals surface area contributed by atoms with E-state index in [9.17, 15) is 13.2 Å². The van der Waals surface area contributed by atoms with Crippen molar-refractivity contribution < 1.29 is 13.2 Å². The quantitative estimate of drug-likeness (QED) is 0.850.